The van der Waals surface area contributed by atoms with Gasteiger partial charge in [0.05, 0.1) is 25.0 Å². The van der Waals surface area contributed by atoms with Crippen LogP contribution in [0.15, 0.2) is 6.20 Å². The van der Waals surface area contributed by atoms with Crippen molar-refractivity contribution in [2.45, 2.75) is 6.54 Å². The Morgan fingerprint density at radius 3 is 2.55 bits per heavy atom. The first-order valence-electron chi connectivity index (χ1n) is 2.93. The average Bonchev–Trinajstić information content (AvgIpc) is 2.20. The summed E-state index contributed by atoms with van der Waals surface area (Å²) in [6.45, 7) is 0.411. The lowest BCUT2D eigenvalue weighted by molar-refractivity contribution is 0.270. The molecule has 11 heavy (non-hydrogen) atoms. The summed E-state index contributed by atoms with van der Waals surface area (Å²) in [5.41, 5.74) is 11.3. The highest BCUT2D eigenvalue weighted by Crippen LogP contribution is 2.11. The summed E-state index contributed by atoms with van der Waals surface area (Å²) >= 11 is 0. The first kappa shape index (κ1) is 10.1. The first-order valence-corrected chi connectivity index (χ1v) is 2.93. The Balaban J connectivity index is 0.000001000. The van der Waals surface area contributed by atoms with Crippen LogP contribution in [0.3, 0.4) is 0 Å². The molecule has 0 fully saturated rings. The number of aliphatic hydroxyl groups excluding tert-OH is 1. The second kappa shape index (κ2) is 4.05. The maximum absolute atomic E-state index is 8.50. The van der Waals surface area contributed by atoms with Gasteiger partial charge < -0.3 is 16.6 Å². The van der Waals surface area contributed by atoms with Crippen LogP contribution in [-0.2, 0) is 6.54 Å². The Morgan fingerprint density at radius 1 is 1.55 bits per heavy atom. The van der Waals surface area contributed by atoms with Gasteiger partial charge in [0.25, 0.3) is 0 Å². The van der Waals surface area contributed by atoms with Gasteiger partial charge in [0, 0.05) is 0 Å². The fraction of sp³-hybridized carbons (Fsp3) is 0.400. The third kappa shape index (κ3) is 1.99. The van der Waals surface area contributed by atoms with Crippen LogP contribution in [0.4, 0.5) is 11.5 Å². The van der Waals surface area contributed by atoms with Gasteiger partial charge in [-0.05, 0) is 0 Å². The van der Waals surface area contributed by atoms with Gasteiger partial charge in [-0.1, -0.05) is 0 Å². The lowest BCUT2D eigenvalue weighted by Gasteiger charge is -1.99. The van der Waals surface area contributed by atoms with Crippen LogP contribution in [0.25, 0.3) is 0 Å². The molecule has 0 bridgehead atoms. The molecule has 0 aliphatic heterocycles. The molecule has 0 radical (unpaired) electrons. The van der Waals surface area contributed by atoms with Crippen molar-refractivity contribution in [3.63, 3.8) is 0 Å². The first-order chi connectivity index (χ1) is 4.75. The number of anilines is 2. The lowest BCUT2D eigenvalue weighted by atomic mass is 10.5. The van der Waals surface area contributed by atoms with E-state index >= 15 is 0 Å². The Kier molecular flexibility index (Phi) is 3.70. The minimum atomic E-state index is 0. The second-order valence-corrected chi connectivity index (χ2v) is 1.93. The topological polar surface area (TPSA) is 90.1 Å². The van der Waals surface area contributed by atoms with Crippen molar-refractivity contribution in [1.29, 1.82) is 0 Å². The maximum Gasteiger partial charge on any atom is 0.145 e. The van der Waals surface area contributed by atoms with Crippen molar-refractivity contribution in [3.8, 4) is 0 Å². The maximum atomic E-state index is 8.50. The van der Waals surface area contributed by atoms with Crippen LogP contribution in [-0.4, -0.2) is 21.5 Å². The molecule has 0 saturated carbocycles. The number of nitrogens with zero attached hydrogens (tertiary/aromatic N) is 2. The van der Waals surface area contributed by atoms with Gasteiger partial charge in [0.1, 0.15) is 5.82 Å². The number of aliphatic hydroxyl groups is 1. The number of hydrogen-bond donors (Lipinski definition) is 3. The van der Waals surface area contributed by atoms with Crippen LogP contribution < -0.4 is 11.5 Å². The molecule has 0 amide bonds. The highest BCUT2D eigenvalue weighted by molar-refractivity contribution is 5.85. The molecule has 6 heteroatoms. The number of rotatable bonds is 2. The van der Waals surface area contributed by atoms with E-state index in [1.165, 1.54) is 10.9 Å². The van der Waals surface area contributed by atoms with Crippen molar-refractivity contribution in [3.05, 3.63) is 6.20 Å². The number of aromatic nitrogens is 2. The summed E-state index contributed by atoms with van der Waals surface area (Å²) in [7, 11) is 0. The summed E-state index contributed by atoms with van der Waals surface area (Å²) in [5.74, 6) is 0.411. The van der Waals surface area contributed by atoms with E-state index in [0.29, 0.717) is 18.1 Å². The van der Waals surface area contributed by atoms with Crippen LogP contribution in [0.5, 0.6) is 0 Å². The zero-order valence-corrected chi connectivity index (χ0v) is 6.71. The number of nitrogens with two attached hydrogens (primary N) is 2. The van der Waals surface area contributed by atoms with Crippen LogP contribution in [0, 0.1) is 0 Å². The van der Waals surface area contributed by atoms with Gasteiger partial charge in [0.15, 0.2) is 0 Å². The van der Waals surface area contributed by atoms with Crippen LogP contribution >= 0.6 is 12.4 Å². The molecule has 0 aliphatic rings. The van der Waals surface area contributed by atoms with E-state index in [9.17, 15) is 0 Å². The van der Waals surface area contributed by atoms with E-state index in [0.717, 1.165) is 0 Å². The number of hydrogen-bond acceptors (Lipinski definition) is 4. The Morgan fingerprint density at radius 2 is 2.18 bits per heavy atom. The van der Waals surface area contributed by atoms with E-state index in [2.05, 4.69) is 5.10 Å². The van der Waals surface area contributed by atoms with E-state index in [1.807, 2.05) is 0 Å². The highest BCUT2D eigenvalue weighted by atomic mass is 35.5. The summed E-state index contributed by atoms with van der Waals surface area (Å²) in [4.78, 5) is 0. The summed E-state index contributed by atoms with van der Waals surface area (Å²) in [5, 5.41) is 12.3. The number of halogens is 1. The zero-order valence-electron chi connectivity index (χ0n) is 5.90. The van der Waals surface area contributed by atoms with Gasteiger partial charge >= 0.3 is 0 Å². The molecule has 1 heterocycles. The van der Waals surface area contributed by atoms with Crippen molar-refractivity contribution < 1.29 is 5.11 Å². The predicted molar refractivity (Wildman–Crippen MR) is 45.4 cm³/mol. The van der Waals surface area contributed by atoms with Gasteiger partial charge in [-0.25, -0.2) is 4.68 Å². The monoisotopic (exact) mass is 178 g/mol. The molecular weight excluding hydrogens is 168 g/mol. The minimum Gasteiger partial charge on any atom is -0.394 e. The second-order valence-electron chi connectivity index (χ2n) is 1.93. The lowest BCUT2D eigenvalue weighted by Crippen LogP contribution is -2.07. The van der Waals surface area contributed by atoms with Gasteiger partial charge in [-0.15, -0.1) is 12.4 Å². The van der Waals surface area contributed by atoms with E-state index in [1.54, 1.807) is 0 Å². The van der Waals surface area contributed by atoms with Crippen LogP contribution in [0.1, 0.15) is 0 Å². The molecule has 0 saturated heterocycles. The Hall–Kier alpha value is -0.940. The smallest absolute Gasteiger partial charge is 0.145 e. The highest BCUT2D eigenvalue weighted by Gasteiger charge is 2.00. The third-order valence-corrected chi connectivity index (χ3v) is 1.22. The fourth-order valence-electron chi connectivity index (χ4n) is 0.682. The predicted octanol–water partition coefficient (Wildman–Crippen LogP) is -0.538. The fourth-order valence-corrected chi connectivity index (χ4v) is 0.682. The standard InChI is InChI=1S/C5H10N4O.ClH/c6-4-3-8-9(1-2-10)5(4)7;/h3,10H,1-2,6-7H2;1H. The molecule has 1 rings (SSSR count). The van der Waals surface area contributed by atoms with Gasteiger partial charge in [0.2, 0.25) is 0 Å². The van der Waals surface area contributed by atoms with Gasteiger partial charge in [-0.2, -0.15) is 5.10 Å². The molecule has 64 valence electrons. The van der Waals surface area contributed by atoms with E-state index in [4.69, 9.17) is 16.6 Å². The molecule has 1 aromatic heterocycles. The van der Waals surface area contributed by atoms with Crippen molar-refractivity contribution >= 4 is 23.9 Å². The number of nitrogen functional groups attached to an aromatic ring is 2. The molecule has 0 unspecified atom stereocenters. The van der Waals surface area contributed by atoms with Crippen molar-refractivity contribution in [1.82, 2.24) is 9.78 Å². The Labute approximate surface area is 70.4 Å². The van der Waals surface area contributed by atoms with Crippen molar-refractivity contribution in [2.24, 2.45) is 0 Å². The zero-order chi connectivity index (χ0) is 7.56. The molecule has 5 nitrogen and oxygen atoms in total. The quantitative estimate of drug-likeness (QED) is 0.568. The molecule has 0 aliphatic carbocycles. The minimum absolute atomic E-state index is 0. The average molecular weight is 179 g/mol. The van der Waals surface area contributed by atoms with Gasteiger partial charge in [-0.3, -0.25) is 0 Å². The molecule has 0 aromatic carbocycles. The Bertz CT molecular complexity index is 224. The summed E-state index contributed by atoms with van der Waals surface area (Å²) in [6, 6.07) is 0. The molecule has 0 spiro atoms. The van der Waals surface area contributed by atoms with Crippen molar-refractivity contribution in [2.75, 3.05) is 18.1 Å². The normalized spacial score (nSPS) is 9.18. The third-order valence-electron chi connectivity index (χ3n) is 1.22. The largest absolute Gasteiger partial charge is 0.394 e. The van der Waals surface area contributed by atoms with E-state index < -0.39 is 0 Å². The van der Waals surface area contributed by atoms with E-state index in [-0.39, 0.29) is 19.0 Å². The molecular formula is C5H11ClN4O. The summed E-state index contributed by atoms with van der Waals surface area (Å²) in [6.07, 6.45) is 1.46. The summed E-state index contributed by atoms with van der Waals surface area (Å²) < 4.78 is 1.45. The molecule has 1 aromatic rings. The SMILES string of the molecule is Cl.Nc1cnn(CCO)c1N. The van der Waals surface area contributed by atoms with Crippen LogP contribution in [0.2, 0.25) is 0 Å². The molecule has 0 atom stereocenters. The molecule has 5 N–H and O–H groups in total.